The van der Waals surface area contributed by atoms with Crippen LogP contribution in [0.1, 0.15) is 21.5 Å². The number of benzene rings is 3. The van der Waals surface area contributed by atoms with Gasteiger partial charge in [0.1, 0.15) is 17.2 Å². The first-order chi connectivity index (χ1) is 15.8. The molecule has 0 aliphatic heterocycles. The van der Waals surface area contributed by atoms with E-state index in [1.54, 1.807) is 75.7 Å². The standard InChI is InChI=1S/C24H26N2O6S/c1-16-9-10-17(24(27)25-15-18-13-19(30-2)11-12-21(18)31-3)14-23(16)33(28,29)26-20-7-5-6-8-22(20)32-4/h5-14,26H,15H2,1-4H3,(H,25,27). The number of anilines is 1. The van der Waals surface area contributed by atoms with Gasteiger partial charge in [-0.05, 0) is 55.0 Å². The van der Waals surface area contributed by atoms with Crippen molar-refractivity contribution in [1.29, 1.82) is 0 Å². The normalized spacial score (nSPS) is 10.9. The molecular formula is C24H26N2O6S. The summed E-state index contributed by atoms with van der Waals surface area (Å²) in [7, 11) is 0.587. The Bertz CT molecular complexity index is 1260. The van der Waals surface area contributed by atoms with Crippen molar-refractivity contribution < 1.29 is 27.4 Å². The highest BCUT2D eigenvalue weighted by molar-refractivity contribution is 7.92. The number of amides is 1. The van der Waals surface area contributed by atoms with Gasteiger partial charge in [-0.3, -0.25) is 9.52 Å². The Morgan fingerprint density at radius 1 is 0.879 bits per heavy atom. The maximum absolute atomic E-state index is 13.1. The third-order valence-corrected chi connectivity index (χ3v) is 6.53. The van der Waals surface area contributed by atoms with E-state index in [1.807, 2.05) is 0 Å². The zero-order valence-electron chi connectivity index (χ0n) is 18.8. The number of nitrogens with one attached hydrogen (secondary N) is 2. The number of carbonyl (C=O) groups is 1. The Labute approximate surface area is 193 Å². The van der Waals surface area contributed by atoms with Gasteiger partial charge in [0.25, 0.3) is 15.9 Å². The Hall–Kier alpha value is -3.72. The van der Waals surface area contributed by atoms with E-state index in [0.29, 0.717) is 28.5 Å². The minimum absolute atomic E-state index is 0.0000158. The van der Waals surface area contributed by atoms with Crippen molar-refractivity contribution in [2.24, 2.45) is 0 Å². The second-order valence-corrected chi connectivity index (χ2v) is 8.80. The fourth-order valence-corrected chi connectivity index (χ4v) is 4.60. The molecule has 0 bridgehead atoms. The first-order valence-corrected chi connectivity index (χ1v) is 11.5. The Kier molecular flexibility index (Phi) is 7.44. The largest absolute Gasteiger partial charge is 0.497 e. The first kappa shape index (κ1) is 23.9. The van der Waals surface area contributed by atoms with Crippen LogP contribution >= 0.6 is 0 Å². The Balaban J connectivity index is 1.83. The third-order valence-electron chi connectivity index (χ3n) is 5.02. The summed E-state index contributed by atoms with van der Waals surface area (Å²) < 4.78 is 44.4. The Morgan fingerprint density at radius 3 is 2.30 bits per heavy atom. The van der Waals surface area contributed by atoms with Gasteiger partial charge in [-0.1, -0.05) is 18.2 Å². The number of hydrogen-bond acceptors (Lipinski definition) is 6. The van der Waals surface area contributed by atoms with Crippen molar-refractivity contribution in [2.45, 2.75) is 18.4 Å². The molecule has 0 radical (unpaired) electrons. The van der Waals surface area contributed by atoms with Crippen LogP contribution in [0, 0.1) is 6.92 Å². The lowest BCUT2D eigenvalue weighted by Crippen LogP contribution is -2.24. The van der Waals surface area contributed by atoms with Crippen molar-refractivity contribution in [3.8, 4) is 17.2 Å². The topological polar surface area (TPSA) is 103 Å². The number of para-hydroxylation sites is 2. The smallest absolute Gasteiger partial charge is 0.262 e. The zero-order valence-corrected chi connectivity index (χ0v) is 19.7. The molecule has 9 heteroatoms. The van der Waals surface area contributed by atoms with Crippen LogP contribution in [0.5, 0.6) is 17.2 Å². The second kappa shape index (κ2) is 10.3. The predicted molar refractivity (Wildman–Crippen MR) is 126 cm³/mol. The molecule has 8 nitrogen and oxygen atoms in total. The summed E-state index contributed by atoms with van der Waals surface area (Å²) in [5, 5.41) is 2.80. The summed E-state index contributed by atoms with van der Waals surface area (Å²) in [5.74, 6) is 1.20. The van der Waals surface area contributed by atoms with Gasteiger partial charge in [0, 0.05) is 17.7 Å². The van der Waals surface area contributed by atoms with E-state index in [0.717, 1.165) is 5.56 Å². The van der Waals surface area contributed by atoms with E-state index in [9.17, 15) is 13.2 Å². The highest BCUT2D eigenvalue weighted by atomic mass is 32.2. The average molecular weight is 471 g/mol. The molecule has 0 heterocycles. The van der Waals surface area contributed by atoms with E-state index < -0.39 is 15.9 Å². The van der Waals surface area contributed by atoms with Gasteiger partial charge in [-0.15, -0.1) is 0 Å². The van der Waals surface area contributed by atoms with Crippen LogP contribution in [0.25, 0.3) is 0 Å². The fourth-order valence-electron chi connectivity index (χ4n) is 3.26. The molecule has 174 valence electrons. The molecule has 3 aromatic carbocycles. The van der Waals surface area contributed by atoms with E-state index in [4.69, 9.17) is 14.2 Å². The molecule has 0 saturated carbocycles. The SMILES string of the molecule is COc1ccc(OC)c(CNC(=O)c2ccc(C)c(S(=O)(=O)Nc3ccccc3OC)c2)c1. The second-order valence-electron chi connectivity index (χ2n) is 7.15. The van der Waals surface area contributed by atoms with Crippen molar-refractivity contribution in [2.75, 3.05) is 26.1 Å². The maximum atomic E-state index is 13.1. The van der Waals surface area contributed by atoms with E-state index >= 15 is 0 Å². The summed E-state index contributed by atoms with van der Waals surface area (Å²) in [5.41, 5.74) is 1.74. The monoisotopic (exact) mass is 470 g/mol. The molecule has 0 aliphatic carbocycles. The number of ether oxygens (including phenoxy) is 3. The highest BCUT2D eigenvalue weighted by Gasteiger charge is 2.21. The predicted octanol–water partition coefficient (Wildman–Crippen LogP) is 3.75. The van der Waals surface area contributed by atoms with Crippen molar-refractivity contribution >= 4 is 21.6 Å². The van der Waals surface area contributed by atoms with Crippen molar-refractivity contribution in [3.05, 3.63) is 77.4 Å². The molecule has 0 fully saturated rings. The summed E-state index contributed by atoms with van der Waals surface area (Å²) in [4.78, 5) is 12.8. The van der Waals surface area contributed by atoms with Crippen LogP contribution in [-0.2, 0) is 16.6 Å². The molecule has 1 amide bonds. The molecule has 0 saturated heterocycles. The number of methoxy groups -OCH3 is 3. The van der Waals surface area contributed by atoms with Gasteiger partial charge in [-0.2, -0.15) is 0 Å². The third kappa shape index (κ3) is 5.56. The van der Waals surface area contributed by atoms with E-state index in [-0.39, 0.29) is 17.0 Å². The molecule has 33 heavy (non-hydrogen) atoms. The summed E-state index contributed by atoms with van der Waals surface area (Å²) in [6.45, 7) is 1.84. The highest BCUT2D eigenvalue weighted by Crippen LogP contribution is 2.28. The van der Waals surface area contributed by atoms with Gasteiger partial charge in [0.05, 0.1) is 31.9 Å². The van der Waals surface area contributed by atoms with Crippen LogP contribution in [0.3, 0.4) is 0 Å². The van der Waals surface area contributed by atoms with Crippen molar-refractivity contribution in [3.63, 3.8) is 0 Å². The van der Waals surface area contributed by atoms with Gasteiger partial charge in [-0.25, -0.2) is 8.42 Å². The van der Waals surface area contributed by atoms with Crippen LogP contribution in [-0.4, -0.2) is 35.7 Å². The molecule has 0 unspecified atom stereocenters. The molecule has 0 spiro atoms. The number of carbonyl (C=O) groups excluding carboxylic acids is 1. The lowest BCUT2D eigenvalue weighted by atomic mass is 10.1. The number of rotatable bonds is 9. The Morgan fingerprint density at radius 2 is 1.61 bits per heavy atom. The fraction of sp³-hybridized carbons (Fsp3) is 0.208. The maximum Gasteiger partial charge on any atom is 0.262 e. The summed E-state index contributed by atoms with van der Waals surface area (Å²) in [6.07, 6.45) is 0. The molecule has 3 aromatic rings. The summed E-state index contributed by atoms with van der Waals surface area (Å²) >= 11 is 0. The molecule has 0 aromatic heterocycles. The first-order valence-electron chi connectivity index (χ1n) is 10.0. The van der Waals surface area contributed by atoms with Gasteiger partial charge in [0.2, 0.25) is 0 Å². The zero-order chi connectivity index (χ0) is 24.0. The molecule has 0 aliphatic rings. The average Bonchev–Trinajstić information content (AvgIpc) is 2.82. The van der Waals surface area contributed by atoms with Gasteiger partial charge >= 0.3 is 0 Å². The van der Waals surface area contributed by atoms with E-state index in [1.165, 1.54) is 13.2 Å². The molecular weight excluding hydrogens is 444 g/mol. The van der Waals surface area contributed by atoms with Gasteiger partial charge < -0.3 is 19.5 Å². The van der Waals surface area contributed by atoms with Crippen LogP contribution in [0.4, 0.5) is 5.69 Å². The van der Waals surface area contributed by atoms with Crippen LogP contribution < -0.4 is 24.2 Å². The lowest BCUT2D eigenvalue weighted by molar-refractivity contribution is 0.0950. The van der Waals surface area contributed by atoms with Gasteiger partial charge in [0.15, 0.2) is 0 Å². The molecule has 2 N–H and O–H groups in total. The van der Waals surface area contributed by atoms with Crippen LogP contribution in [0.15, 0.2) is 65.6 Å². The van der Waals surface area contributed by atoms with E-state index in [2.05, 4.69) is 10.0 Å². The lowest BCUT2D eigenvalue weighted by Gasteiger charge is -2.14. The number of aryl methyl sites for hydroxylation is 1. The minimum atomic E-state index is -3.97. The molecule has 3 rings (SSSR count). The minimum Gasteiger partial charge on any atom is -0.497 e. The summed E-state index contributed by atoms with van der Waals surface area (Å²) in [6, 6.07) is 16.5. The molecule has 0 atom stereocenters. The quantitative estimate of drug-likeness (QED) is 0.494. The number of sulfonamides is 1. The van der Waals surface area contributed by atoms with Crippen molar-refractivity contribution in [1.82, 2.24) is 5.32 Å². The van der Waals surface area contributed by atoms with Crippen LogP contribution in [0.2, 0.25) is 0 Å². The number of hydrogen-bond donors (Lipinski definition) is 2.